The number of nitrogens with zero attached hydrogens (tertiary/aromatic N) is 1. The molecular formula is C14H22IN3. The van der Waals surface area contributed by atoms with Crippen LogP contribution >= 0.6 is 22.6 Å². The molecule has 4 heteroatoms. The molecule has 0 unspecified atom stereocenters. The van der Waals surface area contributed by atoms with Gasteiger partial charge >= 0.3 is 0 Å². The lowest BCUT2D eigenvalue weighted by Gasteiger charge is -2.29. The van der Waals surface area contributed by atoms with Crippen molar-refractivity contribution in [2.75, 3.05) is 31.9 Å². The Kier molecular flexibility index (Phi) is 4.50. The Balaban J connectivity index is 2.32. The fourth-order valence-electron chi connectivity index (χ4n) is 2.59. The summed E-state index contributed by atoms with van der Waals surface area (Å²) in [4.78, 5) is 2.51. The summed E-state index contributed by atoms with van der Waals surface area (Å²) >= 11 is 2.42. The third-order valence-corrected chi connectivity index (χ3v) is 5.58. The molecule has 0 amide bonds. The van der Waals surface area contributed by atoms with Gasteiger partial charge in [-0.1, -0.05) is 0 Å². The van der Waals surface area contributed by atoms with Gasteiger partial charge in [0.25, 0.3) is 0 Å². The SMILES string of the molecule is Cc1c(N)c(C)c(CN2CCNCC2)c(C)c1I. The molecule has 1 aromatic carbocycles. The van der Waals surface area contributed by atoms with Crippen LogP contribution in [0.2, 0.25) is 0 Å². The molecule has 1 fully saturated rings. The fraction of sp³-hybridized carbons (Fsp3) is 0.571. The van der Waals surface area contributed by atoms with E-state index in [1.165, 1.54) is 25.8 Å². The lowest BCUT2D eigenvalue weighted by atomic mass is 9.97. The quantitative estimate of drug-likeness (QED) is 0.629. The normalized spacial score (nSPS) is 17.1. The summed E-state index contributed by atoms with van der Waals surface area (Å²) in [6.07, 6.45) is 0. The molecule has 18 heavy (non-hydrogen) atoms. The maximum atomic E-state index is 6.22. The van der Waals surface area contributed by atoms with Crippen molar-refractivity contribution >= 4 is 28.3 Å². The third kappa shape index (κ3) is 2.65. The van der Waals surface area contributed by atoms with Gasteiger partial charge in [-0.15, -0.1) is 0 Å². The Morgan fingerprint density at radius 2 is 1.72 bits per heavy atom. The van der Waals surface area contributed by atoms with Gasteiger partial charge in [0.2, 0.25) is 0 Å². The van der Waals surface area contributed by atoms with E-state index in [2.05, 4.69) is 53.6 Å². The number of hydrogen-bond donors (Lipinski definition) is 2. The van der Waals surface area contributed by atoms with Gasteiger partial charge in [-0.05, 0) is 65.6 Å². The van der Waals surface area contributed by atoms with Crippen LogP contribution in [0.4, 0.5) is 5.69 Å². The summed E-state index contributed by atoms with van der Waals surface area (Å²) in [5.74, 6) is 0. The minimum Gasteiger partial charge on any atom is -0.398 e. The van der Waals surface area contributed by atoms with Crippen molar-refractivity contribution in [1.29, 1.82) is 0 Å². The van der Waals surface area contributed by atoms with Gasteiger partial charge in [0.15, 0.2) is 0 Å². The molecule has 1 aliphatic rings. The van der Waals surface area contributed by atoms with Crippen LogP contribution in [-0.2, 0) is 6.54 Å². The van der Waals surface area contributed by atoms with Gasteiger partial charge in [-0.25, -0.2) is 0 Å². The first-order chi connectivity index (χ1) is 8.52. The fourth-order valence-corrected chi connectivity index (χ4v) is 3.20. The standard InChI is InChI=1S/C14H22IN3/c1-9-12(8-18-6-4-17-5-7-18)10(2)14(16)11(3)13(9)15/h17H,4-8,16H2,1-3H3. The molecule has 0 aliphatic carbocycles. The van der Waals surface area contributed by atoms with E-state index in [0.29, 0.717) is 0 Å². The first kappa shape index (κ1) is 14.1. The molecule has 3 nitrogen and oxygen atoms in total. The van der Waals surface area contributed by atoms with E-state index in [4.69, 9.17) is 5.73 Å². The van der Waals surface area contributed by atoms with Crippen LogP contribution in [0.1, 0.15) is 22.3 Å². The zero-order valence-corrected chi connectivity index (χ0v) is 13.6. The number of anilines is 1. The topological polar surface area (TPSA) is 41.3 Å². The number of piperazine rings is 1. The van der Waals surface area contributed by atoms with Crippen LogP contribution in [0.15, 0.2) is 0 Å². The molecule has 0 saturated carbocycles. The number of nitrogen functional groups attached to an aromatic ring is 1. The van der Waals surface area contributed by atoms with Gasteiger partial charge in [0.1, 0.15) is 0 Å². The van der Waals surface area contributed by atoms with Crippen LogP contribution in [0, 0.1) is 24.3 Å². The van der Waals surface area contributed by atoms with E-state index in [0.717, 1.165) is 38.4 Å². The lowest BCUT2D eigenvalue weighted by Crippen LogP contribution is -2.43. The maximum Gasteiger partial charge on any atom is 0.0387 e. The monoisotopic (exact) mass is 359 g/mol. The van der Waals surface area contributed by atoms with Gasteiger partial charge < -0.3 is 11.1 Å². The largest absolute Gasteiger partial charge is 0.398 e. The van der Waals surface area contributed by atoms with Gasteiger partial charge in [-0.2, -0.15) is 0 Å². The lowest BCUT2D eigenvalue weighted by molar-refractivity contribution is 0.232. The number of rotatable bonds is 2. The molecular weight excluding hydrogens is 337 g/mol. The van der Waals surface area contributed by atoms with Crippen LogP contribution in [0.3, 0.4) is 0 Å². The van der Waals surface area contributed by atoms with Crippen molar-refractivity contribution in [2.45, 2.75) is 27.3 Å². The Labute approximate surface area is 123 Å². The van der Waals surface area contributed by atoms with E-state index in [9.17, 15) is 0 Å². The van der Waals surface area contributed by atoms with Crippen LogP contribution < -0.4 is 11.1 Å². The minimum atomic E-state index is 0.968. The van der Waals surface area contributed by atoms with Crippen molar-refractivity contribution in [1.82, 2.24) is 10.2 Å². The highest BCUT2D eigenvalue weighted by Crippen LogP contribution is 2.30. The molecule has 3 N–H and O–H groups in total. The number of hydrogen-bond acceptors (Lipinski definition) is 3. The number of halogens is 1. The van der Waals surface area contributed by atoms with E-state index in [-0.39, 0.29) is 0 Å². The molecule has 1 heterocycles. The first-order valence-electron chi connectivity index (χ1n) is 6.49. The average molecular weight is 359 g/mol. The molecule has 1 saturated heterocycles. The van der Waals surface area contributed by atoms with E-state index in [1.807, 2.05) is 0 Å². The number of benzene rings is 1. The zero-order valence-electron chi connectivity index (χ0n) is 11.4. The van der Waals surface area contributed by atoms with Crippen molar-refractivity contribution in [3.05, 3.63) is 25.8 Å². The molecule has 0 spiro atoms. The van der Waals surface area contributed by atoms with Crippen molar-refractivity contribution < 1.29 is 0 Å². The predicted molar refractivity (Wildman–Crippen MR) is 85.9 cm³/mol. The van der Waals surface area contributed by atoms with E-state index in [1.54, 1.807) is 0 Å². The maximum absolute atomic E-state index is 6.22. The third-order valence-electron chi connectivity index (χ3n) is 3.96. The molecule has 0 radical (unpaired) electrons. The summed E-state index contributed by atoms with van der Waals surface area (Å²) in [7, 11) is 0. The Morgan fingerprint density at radius 3 is 2.33 bits per heavy atom. The molecule has 100 valence electrons. The zero-order chi connectivity index (χ0) is 13.3. The van der Waals surface area contributed by atoms with Gasteiger partial charge in [0.05, 0.1) is 0 Å². The first-order valence-corrected chi connectivity index (χ1v) is 7.57. The number of nitrogens with two attached hydrogens (primary N) is 1. The second-order valence-electron chi connectivity index (χ2n) is 5.11. The van der Waals surface area contributed by atoms with Crippen molar-refractivity contribution in [2.24, 2.45) is 0 Å². The molecule has 2 rings (SSSR count). The molecule has 1 aliphatic heterocycles. The Bertz CT molecular complexity index is 422. The Morgan fingerprint density at radius 1 is 1.11 bits per heavy atom. The second kappa shape index (κ2) is 5.75. The smallest absolute Gasteiger partial charge is 0.0387 e. The molecule has 0 aromatic heterocycles. The highest BCUT2D eigenvalue weighted by molar-refractivity contribution is 14.1. The predicted octanol–water partition coefficient (Wildman–Crippen LogP) is 2.20. The average Bonchev–Trinajstić information content (AvgIpc) is 2.40. The Hall–Kier alpha value is -0.330. The highest BCUT2D eigenvalue weighted by atomic mass is 127. The van der Waals surface area contributed by atoms with Gasteiger partial charge in [-0.3, -0.25) is 4.90 Å². The minimum absolute atomic E-state index is 0.968. The summed E-state index contributed by atoms with van der Waals surface area (Å²) in [6, 6.07) is 0. The van der Waals surface area contributed by atoms with Crippen LogP contribution in [0.5, 0.6) is 0 Å². The molecule has 0 atom stereocenters. The molecule has 1 aromatic rings. The number of nitrogens with one attached hydrogen (secondary N) is 1. The summed E-state index contributed by atoms with van der Waals surface area (Å²) in [6.45, 7) is 12.0. The van der Waals surface area contributed by atoms with E-state index >= 15 is 0 Å². The summed E-state index contributed by atoms with van der Waals surface area (Å²) in [5, 5.41) is 3.39. The highest BCUT2D eigenvalue weighted by Gasteiger charge is 2.17. The summed E-state index contributed by atoms with van der Waals surface area (Å²) in [5.41, 5.74) is 12.5. The van der Waals surface area contributed by atoms with Crippen LogP contribution in [0.25, 0.3) is 0 Å². The van der Waals surface area contributed by atoms with Crippen molar-refractivity contribution in [3.63, 3.8) is 0 Å². The van der Waals surface area contributed by atoms with Crippen LogP contribution in [-0.4, -0.2) is 31.1 Å². The van der Waals surface area contributed by atoms with Gasteiger partial charge in [0, 0.05) is 42.0 Å². The second-order valence-corrected chi connectivity index (χ2v) is 6.19. The molecule has 0 bridgehead atoms. The van der Waals surface area contributed by atoms with Crippen molar-refractivity contribution in [3.8, 4) is 0 Å². The summed E-state index contributed by atoms with van der Waals surface area (Å²) < 4.78 is 1.32. The van der Waals surface area contributed by atoms with E-state index < -0.39 is 0 Å².